The summed E-state index contributed by atoms with van der Waals surface area (Å²) < 4.78 is 13.7. The molecule has 106 valence electrons. The van der Waals surface area contributed by atoms with Gasteiger partial charge in [-0.25, -0.2) is 4.98 Å². The fraction of sp³-hybridized carbons (Fsp3) is 0.533. The molecule has 2 saturated heterocycles. The molecule has 0 saturated carbocycles. The van der Waals surface area contributed by atoms with Crippen molar-refractivity contribution in [1.82, 2.24) is 9.55 Å². The number of imidazole rings is 1. The van der Waals surface area contributed by atoms with Crippen LogP contribution in [0.5, 0.6) is 5.75 Å². The van der Waals surface area contributed by atoms with E-state index in [1.165, 1.54) is 6.42 Å². The Kier molecular flexibility index (Phi) is 2.89. The number of hydrogen-bond donors (Lipinski definition) is 0. The smallest absolute Gasteiger partial charge is 0.146 e. The van der Waals surface area contributed by atoms with Crippen molar-refractivity contribution in [3.63, 3.8) is 0 Å². The zero-order chi connectivity index (χ0) is 13.7. The summed E-state index contributed by atoms with van der Waals surface area (Å²) in [6, 6.07) is 6.40. The van der Waals surface area contributed by atoms with E-state index in [0.29, 0.717) is 24.1 Å². The molecule has 4 nitrogen and oxygen atoms in total. The number of nitrogens with zero attached hydrogens (tertiary/aromatic N) is 2. The molecule has 2 aromatic rings. The lowest BCUT2D eigenvalue weighted by Gasteiger charge is -2.22. The quantitative estimate of drug-likeness (QED) is 0.815. The molecule has 0 N–H and O–H groups in total. The van der Waals surface area contributed by atoms with E-state index in [1.807, 2.05) is 12.1 Å². The van der Waals surface area contributed by atoms with Crippen LogP contribution in [0.25, 0.3) is 11.0 Å². The van der Waals surface area contributed by atoms with Crippen LogP contribution in [-0.2, 0) is 10.6 Å². The van der Waals surface area contributed by atoms with Gasteiger partial charge in [-0.1, -0.05) is 6.07 Å². The summed E-state index contributed by atoms with van der Waals surface area (Å²) in [6.45, 7) is 0. The van der Waals surface area contributed by atoms with E-state index < -0.39 is 0 Å². The van der Waals surface area contributed by atoms with Gasteiger partial charge in [-0.3, -0.25) is 0 Å². The van der Waals surface area contributed by atoms with Gasteiger partial charge in [0.25, 0.3) is 0 Å². The summed E-state index contributed by atoms with van der Waals surface area (Å²) in [5, 5.41) is 0. The summed E-state index contributed by atoms with van der Waals surface area (Å²) in [7, 11) is 1.68. The molecular formula is C15H17ClN2O2. The number of alkyl halides is 1. The maximum Gasteiger partial charge on any atom is 0.146 e. The van der Waals surface area contributed by atoms with E-state index in [-0.39, 0.29) is 0 Å². The van der Waals surface area contributed by atoms with Crippen molar-refractivity contribution in [2.45, 2.75) is 43.4 Å². The number of ether oxygens (including phenoxy) is 2. The molecule has 1 aromatic heterocycles. The number of aromatic nitrogens is 2. The van der Waals surface area contributed by atoms with Crippen LogP contribution < -0.4 is 4.74 Å². The molecule has 0 radical (unpaired) electrons. The van der Waals surface area contributed by atoms with Crippen molar-refractivity contribution in [3.05, 3.63) is 24.0 Å². The number of benzene rings is 1. The molecule has 0 aliphatic carbocycles. The monoisotopic (exact) mass is 292 g/mol. The van der Waals surface area contributed by atoms with Gasteiger partial charge in [-0.15, -0.1) is 11.6 Å². The van der Waals surface area contributed by atoms with Gasteiger partial charge < -0.3 is 14.0 Å². The molecule has 0 spiro atoms. The molecule has 20 heavy (non-hydrogen) atoms. The van der Waals surface area contributed by atoms with E-state index in [2.05, 4.69) is 15.6 Å². The Morgan fingerprint density at radius 3 is 3.00 bits per heavy atom. The molecule has 0 amide bonds. The minimum atomic E-state index is 0.311. The van der Waals surface area contributed by atoms with Crippen LogP contribution in [0.3, 0.4) is 0 Å². The molecule has 4 rings (SSSR count). The van der Waals surface area contributed by atoms with Gasteiger partial charge in [0.15, 0.2) is 0 Å². The molecule has 1 aromatic carbocycles. The Morgan fingerprint density at radius 1 is 1.45 bits per heavy atom. The van der Waals surface area contributed by atoms with E-state index >= 15 is 0 Å². The highest BCUT2D eigenvalue weighted by atomic mass is 35.5. The van der Waals surface area contributed by atoms with Crippen LogP contribution in [0.1, 0.15) is 31.1 Å². The minimum absolute atomic E-state index is 0.311. The number of rotatable bonds is 3. The first-order chi connectivity index (χ1) is 9.81. The topological polar surface area (TPSA) is 36.3 Å². The van der Waals surface area contributed by atoms with Crippen LogP contribution in [0.4, 0.5) is 0 Å². The van der Waals surface area contributed by atoms with Gasteiger partial charge in [0.05, 0.1) is 36.8 Å². The molecule has 3 unspecified atom stereocenters. The van der Waals surface area contributed by atoms with Crippen LogP contribution >= 0.6 is 11.6 Å². The number of para-hydroxylation sites is 1. The van der Waals surface area contributed by atoms with Gasteiger partial charge in [0.1, 0.15) is 17.1 Å². The first kappa shape index (κ1) is 12.5. The lowest BCUT2D eigenvalue weighted by molar-refractivity contribution is 0.0940. The first-order valence-electron chi connectivity index (χ1n) is 7.07. The van der Waals surface area contributed by atoms with Crippen molar-refractivity contribution >= 4 is 22.6 Å². The zero-order valence-corrected chi connectivity index (χ0v) is 12.1. The van der Waals surface area contributed by atoms with E-state index in [4.69, 9.17) is 21.1 Å². The minimum Gasteiger partial charge on any atom is -0.494 e. The van der Waals surface area contributed by atoms with Crippen molar-refractivity contribution in [3.8, 4) is 5.75 Å². The highest BCUT2D eigenvalue weighted by Crippen LogP contribution is 2.44. The Bertz CT molecular complexity index is 655. The molecular weight excluding hydrogens is 276 g/mol. The number of hydrogen-bond acceptors (Lipinski definition) is 3. The highest BCUT2D eigenvalue weighted by molar-refractivity contribution is 6.16. The van der Waals surface area contributed by atoms with Crippen molar-refractivity contribution < 1.29 is 9.47 Å². The van der Waals surface area contributed by atoms with Crippen molar-refractivity contribution in [2.24, 2.45) is 0 Å². The van der Waals surface area contributed by atoms with E-state index in [0.717, 1.165) is 35.4 Å². The van der Waals surface area contributed by atoms with Gasteiger partial charge in [-0.2, -0.15) is 0 Å². The van der Waals surface area contributed by atoms with Gasteiger partial charge in [0, 0.05) is 0 Å². The van der Waals surface area contributed by atoms with Crippen LogP contribution in [0, 0.1) is 0 Å². The molecule has 2 fully saturated rings. The second-order valence-corrected chi connectivity index (χ2v) is 5.80. The molecule has 2 bridgehead atoms. The zero-order valence-electron chi connectivity index (χ0n) is 11.4. The van der Waals surface area contributed by atoms with E-state index in [9.17, 15) is 0 Å². The second-order valence-electron chi connectivity index (χ2n) is 5.54. The third-order valence-electron chi connectivity index (χ3n) is 4.50. The average molecular weight is 293 g/mol. The Labute approximate surface area is 122 Å². The summed E-state index contributed by atoms with van der Waals surface area (Å²) in [5.41, 5.74) is 1.99. The number of fused-ring (bicyclic) bond motifs is 3. The molecule has 2 aliphatic heterocycles. The third kappa shape index (κ3) is 1.68. The third-order valence-corrected chi connectivity index (χ3v) is 4.74. The fourth-order valence-electron chi connectivity index (χ4n) is 3.65. The van der Waals surface area contributed by atoms with Crippen molar-refractivity contribution in [2.75, 3.05) is 7.11 Å². The predicted octanol–water partition coefficient (Wildman–Crippen LogP) is 3.28. The standard InChI is InChI=1S/C15H17ClN2O2/c1-19-13-4-2-3-10-15(13)17-14(8-16)18(10)11-7-9-5-6-12(11)20-9/h2-4,9,11-12H,5-8H2,1H3. The molecule has 3 heterocycles. The second kappa shape index (κ2) is 4.64. The summed E-state index contributed by atoms with van der Waals surface area (Å²) in [5.74, 6) is 2.12. The van der Waals surface area contributed by atoms with Gasteiger partial charge in [0.2, 0.25) is 0 Å². The van der Waals surface area contributed by atoms with Crippen LogP contribution in [0.2, 0.25) is 0 Å². The van der Waals surface area contributed by atoms with Gasteiger partial charge in [-0.05, 0) is 31.4 Å². The normalized spacial score (nSPS) is 28.4. The maximum atomic E-state index is 6.11. The van der Waals surface area contributed by atoms with E-state index in [1.54, 1.807) is 7.11 Å². The van der Waals surface area contributed by atoms with Gasteiger partial charge >= 0.3 is 0 Å². The Balaban J connectivity index is 1.89. The largest absolute Gasteiger partial charge is 0.494 e. The maximum absolute atomic E-state index is 6.11. The lowest BCUT2D eigenvalue weighted by atomic mass is 9.95. The number of halogens is 1. The molecule has 5 heteroatoms. The highest BCUT2D eigenvalue weighted by Gasteiger charge is 2.43. The predicted molar refractivity (Wildman–Crippen MR) is 77.4 cm³/mol. The first-order valence-corrected chi connectivity index (χ1v) is 7.60. The molecule has 2 aliphatic rings. The van der Waals surface area contributed by atoms with Crippen molar-refractivity contribution in [1.29, 1.82) is 0 Å². The van der Waals surface area contributed by atoms with Crippen LogP contribution in [0.15, 0.2) is 18.2 Å². The summed E-state index contributed by atoms with van der Waals surface area (Å²) >= 11 is 6.11. The SMILES string of the molecule is COc1cccc2c1nc(CCl)n2C1CC2CCC1O2. The number of methoxy groups -OCH3 is 1. The Hall–Kier alpha value is -1.26. The summed E-state index contributed by atoms with van der Waals surface area (Å²) in [6.07, 6.45) is 4.12. The average Bonchev–Trinajstić information content (AvgIpc) is 3.18. The van der Waals surface area contributed by atoms with Crippen LogP contribution in [-0.4, -0.2) is 28.9 Å². The fourth-order valence-corrected chi connectivity index (χ4v) is 3.84. The molecule has 3 atom stereocenters. The summed E-state index contributed by atoms with van der Waals surface area (Å²) in [4.78, 5) is 4.68. The Morgan fingerprint density at radius 2 is 2.35 bits per heavy atom. The lowest BCUT2D eigenvalue weighted by Crippen LogP contribution is -2.22.